The van der Waals surface area contributed by atoms with Gasteiger partial charge >= 0.3 is 0 Å². The molecule has 0 bridgehead atoms. The summed E-state index contributed by atoms with van der Waals surface area (Å²) in [5.74, 6) is 0. The topological polar surface area (TPSA) is 26.0 Å². The van der Waals surface area contributed by atoms with E-state index in [2.05, 4.69) is 41.8 Å². The van der Waals surface area contributed by atoms with Crippen LogP contribution in [0.4, 0.5) is 0 Å². The van der Waals surface area contributed by atoms with E-state index >= 15 is 0 Å². The highest BCUT2D eigenvalue weighted by atomic mass is 32.1. The molecule has 0 radical (unpaired) electrons. The third kappa shape index (κ3) is 1.86. The summed E-state index contributed by atoms with van der Waals surface area (Å²) in [6, 6.07) is 12.7. The van der Waals surface area contributed by atoms with Crippen molar-refractivity contribution >= 4 is 11.3 Å². The van der Waals surface area contributed by atoms with Crippen molar-refractivity contribution in [2.45, 2.75) is 13.0 Å². The predicted molar refractivity (Wildman–Crippen MR) is 62.4 cm³/mol. The monoisotopic (exact) mass is 203 g/mol. The first-order valence-corrected chi connectivity index (χ1v) is 5.55. The van der Waals surface area contributed by atoms with E-state index in [-0.39, 0.29) is 6.04 Å². The molecule has 2 rings (SSSR count). The lowest BCUT2D eigenvalue weighted by Gasteiger charge is -2.06. The van der Waals surface area contributed by atoms with E-state index in [0.717, 1.165) is 0 Å². The van der Waals surface area contributed by atoms with Gasteiger partial charge in [0.1, 0.15) is 0 Å². The zero-order chi connectivity index (χ0) is 9.97. The average molecular weight is 203 g/mol. The normalized spacial score (nSPS) is 12.7. The molecular formula is C12H13NS. The lowest BCUT2D eigenvalue weighted by atomic mass is 10.1. The van der Waals surface area contributed by atoms with E-state index in [1.165, 1.54) is 16.0 Å². The number of benzene rings is 1. The average Bonchev–Trinajstić information content (AvgIpc) is 2.71. The molecule has 1 heterocycles. The highest BCUT2D eigenvalue weighted by Crippen LogP contribution is 2.26. The third-order valence-electron chi connectivity index (χ3n) is 2.22. The van der Waals surface area contributed by atoms with E-state index in [0.29, 0.717) is 0 Å². The van der Waals surface area contributed by atoms with Gasteiger partial charge in [0.25, 0.3) is 0 Å². The van der Waals surface area contributed by atoms with Gasteiger partial charge in [0.15, 0.2) is 0 Å². The Balaban J connectivity index is 2.41. The van der Waals surface area contributed by atoms with Crippen LogP contribution in [0, 0.1) is 0 Å². The Morgan fingerprint density at radius 3 is 2.71 bits per heavy atom. The Hall–Kier alpha value is -1.12. The summed E-state index contributed by atoms with van der Waals surface area (Å²) in [6.45, 7) is 2.01. The second-order valence-corrected chi connectivity index (χ2v) is 4.34. The molecule has 1 aromatic carbocycles. The highest BCUT2D eigenvalue weighted by Gasteiger charge is 2.02. The van der Waals surface area contributed by atoms with Crippen LogP contribution in [0.5, 0.6) is 0 Å². The largest absolute Gasteiger partial charge is 0.324 e. The minimum Gasteiger partial charge on any atom is -0.324 e. The molecule has 2 heteroatoms. The molecule has 1 atom stereocenters. The Bertz CT molecular complexity index is 404. The van der Waals surface area contributed by atoms with Gasteiger partial charge in [-0.05, 0) is 35.6 Å². The fourth-order valence-corrected chi connectivity index (χ4v) is 2.14. The summed E-state index contributed by atoms with van der Waals surface area (Å²) in [7, 11) is 0. The number of thiophene rings is 1. The molecule has 1 nitrogen and oxygen atoms in total. The second kappa shape index (κ2) is 3.95. The molecular weight excluding hydrogens is 190 g/mol. The van der Waals surface area contributed by atoms with Gasteiger partial charge in [0.2, 0.25) is 0 Å². The van der Waals surface area contributed by atoms with Gasteiger partial charge in [-0.1, -0.05) is 24.3 Å². The molecule has 0 fully saturated rings. The van der Waals surface area contributed by atoms with Gasteiger partial charge in [-0.25, -0.2) is 0 Å². The van der Waals surface area contributed by atoms with Crippen molar-refractivity contribution in [2.75, 3.05) is 0 Å². The van der Waals surface area contributed by atoms with E-state index in [4.69, 9.17) is 5.73 Å². The van der Waals surface area contributed by atoms with Crippen LogP contribution in [0.25, 0.3) is 10.4 Å². The molecule has 1 aromatic heterocycles. The van der Waals surface area contributed by atoms with Gasteiger partial charge in [0, 0.05) is 10.9 Å². The smallest absolute Gasteiger partial charge is 0.0342 e. The van der Waals surface area contributed by atoms with Crippen molar-refractivity contribution in [3.63, 3.8) is 0 Å². The molecule has 0 saturated carbocycles. The van der Waals surface area contributed by atoms with Crippen LogP contribution < -0.4 is 5.73 Å². The van der Waals surface area contributed by atoms with Crippen molar-refractivity contribution in [2.24, 2.45) is 5.73 Å². The van der Waals surface area contributed by atoms with Crippen LogP contribution in [0.15, 0.2) is 41.8 Å². The molecule has 0 amide bonds. The Kier molecular flexibility index (Phi) is 2.66. The SMILES string of the molecule is C[C@@H](N)c1cccc(-c2cccs2)c1. The summed E-state index contributed by atoms with van der Waals surface area (Å²) >= 11 is 1.76. The van der Waals surface area contributed by atoms with Crippen molar-refractivity contribution in [1.82, 2.24) is 0 Å². The summed E-state index contributed by atoms with van der Waals surface area (Å²) in [5.41, 5.74) is 8.29. The Morgan fingerprint density at radius 2 is 2.07 bits per heavy atom. The standard InChI is InChI=1S/C12H13NS/c1-9(13)10-4-2-5-11(8-10)12-6-3-7-14-12/h2-9H,13H2,1H3/t9-/m1/s1. The Labute approximate surface area is 88.2 Å². The van der Waals surface area contributed by atoms with Crippen molar-refractivity contribution in [3.05, 3.63) is 47.3 Å². The van der Waals surface area contributed by atoms with Crippen LogP contribution in [0.1, 0.15) is 18.5 Å². The van der Waals surface area contributed by atoms with Crippen LogP contribution in [-0.4, -0.2) is 0 Å². The first-order valence-electron chi connectivity index (χ1n) is 4.67. The molecule has 2 aromatic rings. The molecule has 0 aliphatic rings. The van der Waals surface area contributed by atoms with Crippen molar-refractivity contribution in [1.29, 1.82) is 0 Å². The van der Waals surface area contributed by atoms with Gasteiger partial charge in [0.05, 0.1) is 0 Å². The summed E-state index contributed by atoms with van der Waals surface area (Å²) in [5, 5.41) is 2.09. The van der Waals surface area contributed by atoms with Crippen LogP contribution in [-0.2, 0) is 0 Å². The lowest BCUT2D eigenvalue weighted by Crippen LogP contribution is -2.04. The molecule has 0 aliphatic carbocycles. The first-order chi connectivity index (χ1) is 6.77. The third-order valence-corrected chi connectivity index (χ3v) is 3.14. The minimum absolute atomic E-state index is 0.106. The fourth-order valence-electron chi connectivity index (χ4n) is 1.42. The van der Waals surface area contributed by atoms with Gasteiger partial charge in [-0.2, -0.15) is 0 Å². The van der Waals surface area contributed by atoms with E-state index in [1.54, 1.807) is 11.3 Å². The van der Waals surface area contributed by atoms with Gasteiger partial charge < -0.3 is 5.73 Å². The summed E-state index contributed by atoms with van der Waals surface area (Å²) in [4.78, 5) is 1.30. The number of nitrogens with two attached hydrogens (primary N) is 1. The van der Waals surface area contributed by atoms with Crippen molar-refractivity contribution < 1.29 is 0 Å². The van der Waals surface area contributed by atoms with Crippen LogP contribution >= 0.6 is 11.3 Å². The molecule has 0 unspecified atom stereocenters. The highest BCUT2D eigenvalue weighted by molar-refractivity contribution is 7.13. The summed E-state index contributed by atoms with van der Waals surface area (Å²) in [6.07, 6.45) is 0. The zero-order valence-corrected chi connectivity index (χ0v) is 8.92. The maximum absolute atomic E-state index is 5.84. The predicted octanol–water partition coefficient (Wildman–Crippen LogP) is 3.43. The number of rotatable bonds is 2. The maximum atomic E-state index is 5.84. The molecule has 0 saturated heterocycles. The van der Waals surface area contributed by atoms with Crippen molar-refractivity contribution in [3.8, 4) is 10.4 Å². The molecule has 2 N–H and O–H groups in total. The van der Waals surface area contributed by atoms with Gasteiger partial charge in [-0.3, -0.25) is 0 Å². The number of hydrogen-bond acceptors (Lipinski definition) is 2. The Morgan fingerprint density at radius 1 is 1.21 bits per heavy atom. The quantitative estimate of drug-likeness (QED) is 0.795. The van der Waals surface area contributed by atoms with E-state index < -0.39 is 0 Å². The zero-order valence-electron chi connectivity index (χ0n) is 8.10. The minimum atomic E-state index is 0.106. The molecule has 0 spiro atoms. The number of hydrogen-bond donors (Lipinski definition) is 1. The van der Waals surface area contributed by atoms with Crippen LogP contribution in [0.2, 0.25) is 0 Å². The van der Waals surface area contributed by atoms with E-state index in [9.17, 15) is 0 Å². The maximum Gasteiger partial charge on any atom is 0.0342 e. The molecule has 0 aliphatic heterocycles. The molecule has 72 valence electrons. The van der Waals surface area contributed by atoms with Gasteiger partial charge in [-0.15, -0.1) is 11.3 Å². The second-order valence-electron chi connectivity index (χ2n) is 3.39. The van der Waals surface area contributed by atoms with E-state index in [1.807, 2.05) is 6.92 Å². The lowest BCUT2D eigenvalue weighted by molar-refractivity contribution is 0.819. The summed E-state index contributed by atoms with van der Waals surface area (Å²) < 4.78 is 0. The fraction of sp³-hybridized carbons (Fsp3) is 0.167. The molecule has 14 heavy (non-hydrogen) atoms. The van der Waals surface area contributed by atoms with Crippen LogP contribution in [0.3, 0.4) is 0 Å². The first kappa shape index (κ1) is 9.44.